The number of carboxylic acids is 1. The molecule has 0 saturated heterocycles. The van der Waals surface area contributed by atoms with Gasteiger partial charge in [0, 0.05) is 10.2 Å². The van der Waals surface area contributed by atoms with Crippen LogP contribution in [0.5, 0.6) is 0 Å². The van der Waals surface area contributed by atoms with Crippen LogP contribution in [0, 0.1) is 5.41 Å². The van der Waals surface area contributed by atoms with Crippen LogP contribution in [0.15, 0.2) is 0 Å². The van der Waals surface area contributed by atoms with Crippen molar-refractivity contribution in [3.05, 3.63) is 0 Å². The van der Waals surface area contributed by atoms with Crippen molar-refractivity contribution in [2.45, 2.75) is 77.3 Å². The van der Waals surface area contributed by atoms with Crippen LogP contribution < -0.4 is 5.32 Å². The molecular weight excluding hydrogens is 302 g/mol. The molecule has 0 rings (SSSR count). The minimum Gasteiger partial charge on any atom is -0.481 e. The molecule has 0 aromatic carbocycles. The summed E-state index contributed by atoms with van der Waals surface area (Å²) in [6.45, 7) is 13.0. The third kappa shape index (κ3) is 7.82. The van der Waals surface area contributed by atoms with Crippen molar-refractivity contribution < 1.29 is 19.5 Å². The van der Waals surface area contributed by atoms with E-state index in [0.29, 0.717) is 6.42 Å². The van der Waals surface area contributed by atoms with E-state index >= 15 is 0 Å². The molecular formula is C16H29NO4S. The van der Waals surface area contributed by atoms with Gasteiger partial charge in [0.25, 0.3) is 0 Å². The van der Waals surface area contributed by atoms with Gasteiger partial charge in [-0.15, -0.1) is 11.8 Å². The highest BCUT2D eigenvalue weighted by Gasteiger charge is 2.33. The van der Waals surface area contributed by atoms with Crippen LogP contribution in [0.4, 0.5) is 0 Å². The molecule has 0 aromatic rings. The van der Waals surface area contributed by atoms with Crippen molar-refractivity contribution in [3.8, 4) is 0 Å². The quantitative estimate of drug-likeness (QED) is 0.749. The molecule has 0 radical (unpaired) electrons. The summed E-state index contributed by atoms with van der Waals surface area (Å²) in [5.74, 6) is -1.45. The molecule has 128 valence electrons. The Morgan fingerprint density at radius 1 is 1.09 bits per heavy atom. The largest absolute Gasteiger partial charge is 0.481 e. The maximum absolute atomic E-state index is 12.4. The second-order valence-electron chi connectivity index (χ2n) is 7.40. The van der Waals surface area contributed by atoms with Gasteiger partial charge in [0.15, 0.2) is 5.78 Å². The second-order valence-corrected chi connectivity index (χ2v) is 9.43. The molecule has 0 heterocycles. The maximum atomic E-state index is 12.4. The normalized spacial score (nSPS) is 15.0. The standard InChI is InChI=1S/C16H29NO4S/c1-8-10(13(20)15(2,3)4)17-14(21)11(9-12(18)19)22-16(5,6)7/h10-11H,8-9H2,1-7H3,(H,17,21)(H,18,19). The summed E-state index contributed by atoms with van der Waals surface area (Å²) in [6, 6.07) is -0.579. The van der Waals surface area contributed by atoms with E-state index in [2.05, 4.69) is 5.32 Å². The highest BCUT2D eigenvalue weighted by Crippen LogP contribution is 2.30. The minimum absolute atomic E-state index is 0.0433. The molecule has 2 N–H and O–H groups in total. The summed E-state index contributed by atoms with van der Waals surface area (Å²) < 4.78 is -0.243. The van der Waals surface area contributed by atoms with Gasteiger partial charge in [-0.05, 0) is 6.42 Å². The molecule has 0 aromatic heterocycles. The van der Waals surface area contributed by atoms with Crippen molar-refractivity contribution in [2.24, 2.45) is 5.41 Å². The van der Waals surface area contributed by atoms with E-state index in [9.17, 15) is 14.4 Å². The molecule has 0 aliphatic rings. The van der Waals surface area contributed by atoms with Gasteiger partial charge in [0.05, 0.1) is 17.7 Å². The lowest BCUT2D eigenvalue weighted by atomic mass is 9.85. The van der Waals surface area contributed by atoms with Crippen molar-refractivity contribution >= 4 is 29.4 Å². The van der Waals surface area contributed by atoms with Crippen LogP contribution in [0.3, 0.4) is 0 Å². The SMILES string of the molecule is CCC(NC(=O)C(CC(=O)O)SC(C)(C)C)C(=O)C(C)(C)C. The van der Waals surface area contributed by atoms with Crippen LogP contribution in [-0.2, 0) is 14.4 Å². The molecule has 0 bridgehead atoms. The number of nitrogens with one attached hydrogen (secondary N) is 1. The lowest BCUT2D eigenvalue weighted by Crippen LogP contribution is -2.48. The first-order valence-corrected chi connectivity index (χ1v) is 8.40. The molecule has 2 atom stereocenters. The number of thioether (sulfide) groups is 1. The van der Waals surface area contributed by atoms with E-state index in [-0.39, 0.29) is 22.9 Å². The van der Waals surface area contributed by atoms with Crippen LogP contribution in [0.1, 0.15) is 61.3 Å². The van der Waals surface area contributed by atoms with Crippen LogP contribution in [0.25, 0.3) is 0 Å². The number of carboxylic acid groups (broad SMARTS) is 1. The zero-order valence-electron chi connectivity index (χ0n) is 14.6. The molecule has 0 spiro atoms. The number of carbonyl (C=O) groups excluding carboxylic acids is 2. The zero-order valence-corrected chi connectivity index (χ0v) is 15.5. The van der Waals surface area contributed by atoms with Gasteiger partial charge in [-0.2, -0.15) is 0 Å². The molecule has 1 amide bonds. The van der Waals surface area contributed by atoms with Crippen molar-refractivity contribution in [3.63, 3.8) is 0 Å². The summed E-state index contributed by atoms with van der Waals surface area (Å²) in [4.78, 5) is 35.7. The number of hydrogen-bond acceptors (Lipinski definition) is 4. The first-order valence-electron chi connectivity index (χ1n) is 7.52. The number of ketones is 1. The fraction of sp³-hybridized carbons (Fsp3) is 0.812. The minimum atomic E-state index is -1.02. The number of amides is 1. The fourth-order valence-electron chi connectivity index (χ4n) is 1.91. The molecule has 0 saturated carbocycles. The zero-order chi connectivity index (χ0) is 17.7. The maximum Gasteiger partial charge on any atom is 0.305 e. The molecule has 0 aliphatic heterocycles. The molecule has 22 heavy (non-hydrogen) atoms. The third-order valence-corrected chi connectivity index (χ3v) is 4.30. The summed E-state index contributed by atoms with van der Waals surface area (Å²) >= 11 is 1.31. The highest BCUT2D eigenvalue weighted by atomic mass is 32.2. The van der Waals surface area contributed by atoms with Crippen molar-refractivity contribution in [2.75, 3.05) is 0 Å². The number of hydrogen-bond donors (Lipinski definition) is 2. The van der Waals surface area contributed by atoms with E-state index in [0.717, 1.165) is 0 Å². The van der Waals surface area contributed by atoms with Crippen molar-refractivity contribution in [1.29, 1.82) is 0 Å². The first-order chi connectivity index (χ1) is 9.77. The smallest absolute Gasteiger partial charge is 0.305 e. The topological polar surface area (TPSA) is 83.5 Å². The average molecular weight is 331 g/mol. The Kier molecular flexibility index (Phi) is 7.62. The molecule has 2 unspecified atom stereocenters. The van der Waals surface area contributed by atoms with E-state index in [4.69, 9.17) is 5.11 Å². The number of rotatable bonds is 7. The third-order valence-electron chi connectivity index (χ3n) is 2.93. The van der Waals surface area contributed by atoms with Crippen molar-refractivity contribution in [1.82, 2.24) is 5.32 Å². The Labute approximate surface area is 137 Å². The van der Waals surface area contributed by atoms with E-state index in [1.807, 2.05) is 48.5 Å². The lowest BCUT2D eigenvalue weighted by Gasteiger charge is -2.28. The second kappa shape index (κ2) is 7.99. The van der Waals surface area contributed by atoms with Gasteiger partial charge >= 0.3 is 5.97 Å². The molecule has 0 fully saturated rings. The Morgan fingerprint density at radius 3 is 1.91 bits per heavy atom. The average Bonchev–Trinajstić information content (AvgIpc) is 2.30. The van der Waals surface area contributed by atoms with Gasteiger partial charge in [-0.3, -0.25) is 14.4 Å². The van der Waals surface area contributed by atoms with E-state index in [1.165, 1.54) is 11.8 Å². The lowest BCUT2D eigenvalue weighted by molar-refractivity contribution is -0.138. The van der Waals surface area contributed by atoms with Crippen LogP contribution in [-0.4, -0.2) is 38.8 Å². The Morgan fingerprint density at radius 2 is 1.59 bits per heavy atom. The highest BCUT2D eigenvalue weighted by molar-refractivity contribution is 8.01. The van der Waals surface area contributed by atoms with E-state index in [1.54, 1.807) is 0 Å². The Balaban J connectivity index is 5.06. The summed E-state index contributed by atoms with van der Waals surface area (Å²) in [5.41, 5.74) is -0.548. The van der Waals surface area contributed by atoms with Crippen LogP contribution >= 0.6 is 11.8 Å². The molecule has 0 aliphatic carbocycles. The monoisotopic (exact) mass is 331 g/mol. The summed E-state index contributed by atoms with van der Waals surface area (Å²) in [7, 11) is 0. The summed E-state index contributed by atoms with van der Waals surface area (Å²) in [5, 5.41) is 11.0. The molecule has 6 heteroatoms. The van der Waals surface area contributed by atoms with Gasteiger partial charge in [-0.25, -0.2) is 0 Å². The van der Waals surface area contributed by atoms with Gasteiger partial charge in [0.1, 0.15) is 0 Å². The van der Waals surface area contributed by atoms with E-state index < -0.39 is 22.7 Å². The first kappa shape index (κ1) is 21.0. The number of aliphatic carboxylic acids is 1. The fourth-order valence-corrected chi connectivity index (χ4v) is 3.17. The predicted molar refractivity (Wildman–Crippen MR) is 90.1 cm³/mol. The predicted octanol–water partition coefficient (Wildman–Crippen LogP) is 2.87. The number of Topliss-reactive ketones (excluding diaryl/α,β-unsaturated/α-hetero) is 1. The molecule has 5 nitrogen and oxygen atoms in total. The van der Waals surface area contributed by atoms with Gasteiger partial charge < -0.3 is 10.4 Å². The van der Waals surface area contributed by atoms with Gasteiger partial charge in [0.2, 0.25) is 5.91 Å². The Hall–Kier alpha value is -1.04. The van der Waals surface area contributed by atoms with Crippen LogP contribution in [0.2, 0.25) is 0 Å². The van der Waals surface area contributed by atoms with Gasteiger partial charge in [-0.1, -0.05) is 48.5 Å². The number of carbonyl (C=O) groups is 3. The summed E-state index contributed by atoms with van der Waals surface area (Å²) in [6.07, 6.45) is 0.232. The Bertz CT molecular complexity index is 421.